The number of aromatic nitrogens is 3. The van der Waals surface area contributed by atoms with Crippen molar-refractivity contribution in [3.63, 3.8) is 0 Å². The van der Waals surface area contributed by atoms with Crippen molar-refractivity contribution >= 4 is 11.8 Å². The van der Waals surface area contributed by atoms with E-state index in [0.717, 1.165) is 30.6 Å². The van der Waals surface area contributed by atoms with Gasteiger partial charge in [-0.3, -0.25) is 9.59 Å². The molecule has 0 unspecified atom stereocenters. The van der Waals surface area contributed by atoms with Gasteiger partial charge in [0.05, 0.1) is 11.9 Å². The summed E-state index contributed by atoms with van der Waals surface area (Å²) in [6, 6.07) is 7.82. The Labute approximate surface area is 140 Å². The average molecular weight is 327 g/mol. The van der Waals surface area contributed by atoms with Gasteiger partial charge < -0.3 is 10.2 Å². The van der Waals surface area contributed by atoms with Crippen LogP contribution < -0.4 is 5.32 Å². The number of amides is 2. The summed E-state index contributed by atoms with van der Waals surface area (Å²) in [5, 5.41) is 10.7. The van der Waals surface area contributed by atoms with E-state index in [1.54, 1.807) is 10.9 Å². The summed E-state index contributed by atoms with van der Waals surface area (Å²) in [5.41, 5.74) is 2.31. The summed E-state index contributed by atoms with van der Waals surface area (Å²) in [7, 11) is 0. The molecule has 1 aromatic heterocycles. The highest BCUT2D eigenvalue weighted by Crippen LogP contribution is 2.10. The van der Waals surface area contributed by atoms with Gasteiger partial charge in [-0.15, -0.1) is 5.10 Å². The summed E-state index contributed by atoms with van der Waals surface area (Å²) >= 11 is 0. The SMILES string of the molecule is Cc1ccc(-n2cc(C(=O)NCCCN3CCCC3=O)nn2)cc1. The van der Waals surface area contributed by atoms with Crippen LogP contribution in [-0.4, -0.2) is 51.3 Å². The normalized spacial score (nSPS) is 14.2. The minimum absolute atomic E-state index is 0.211. The quantitative estimate of drug-likeness (QED) is 0.812. The maximum absolute atomic E-state index is 12.1. The lowest BCUT2D eigenvalue weighted by atomic mass is 10.2. The van der Waals surface area contributed by atoms with Gasteiger partial charge in [0.25, 0.3) is 5.91 Å². The van der Waals surface area contributed by atoms with E-state index < -0.39 is 0 Å². The Morgan fingerprint density at radius 1 is 1.29 bits per heavy atom. The van der Waals surface area contributed by atoms with Crippen LogP contribution in [0.2, 0.25) is 0 Å². The fourth-order valence-corrected chi connectivity index (χ4v) is 2.69. The number of hydrogen-bond donors (Lipinski definition) is 1. The molecule has 7 heteroatoms. The zero-order valence-electron chi connectivity index (χ0n) is 13.7. The van der Waals surface area contributed by atoms with Crippen molar-refractivity contribution in [2.45, 2.75) is 26.2 Å². The van der Waals surface area contributed by atoms with Crippen molar-refractivity contribution < 1.29 is 9.59 Å². The Kier molecular flexibility index (Phi) is 4.88. The van der Waals surface area contributed by atoms with Gasteiger partial charge in [-0.25, -0.2) is 4.68 Å². The third-order valence-electron chi connectivity index (χ3n) is 4.09. The summed E-state index contributed by atoms with van der Waals surface area (Å²) in [6.07, 6.45) is 3.94. The number of carbonyl (C=O) groups is 2. The number of likely N-dealkylation sites (tertiary alicyclic amines) is 1. The standard InChI is InChI=1S/C17H21N5O2/c1-13-5-7-14(8-6-13)22-12-15(19-20-22)17(24)18-9-3-11-21-10-2-4-16(21)23/h5-8,12H,2-4,9-11H2,1H3,(H,18,24). The predicted octanol–water partition coefficient (Wildman–Crippen LogP) is 1.32. The first-order valence-corrected chi connectivity index (χ1v) is 8.19. The molecule has 1 aliphatic heterocycles. The molecule has 24 heavy (non-hydrogen) atoms. The van der Waals surface area contributed by atoms with Crippen molar-refractivity contribution in [3.8, 4) is 5.69 Å². The molecule has 1 fully saturated rings. The first-order valence-electron chi connectivity index (χ1n) is 8.19. The maximum Gasteiger partial charge on any atom is 0.273 e. The van der Waals surface area contributed by atoms with Crippen LogP contribution >= 0.6 is 0 Å². The Bertz CT molecular complexity index is 723. The molecule has 7 nitrogen and oxygen atoms in total. The first-order chi connectivity index (χ1) is 11.6. The highest BCUT2D eigenvalue weighted by atomic mass is 16.2. The molecular weight excluding hydrogens is 306 g/mol. The zero-order chi connectivity index (χ0) is 16.9. The molecule has 1 saturated heterocycles. The molecule has 3 rings (SSSR count). The monoisotopic (exact) mass is 327 g/mol. The molecular formula is C17H21N5O2. The molecule has 0 radical (unpaired) electrons. The topological polar surface area (TPSA) is 80.1 Å². The van der Waals surface area contributed by atoms with E-state index in [0.29, 0.717) is 19.5 Å². The summed E-state index contributed by atoms with van der Waals surface area (Å²) < 4.78 is 1.58. The van der Waals surface area contributed by atoms with Crippen molar-refractivity contribution in [2.24, 2.45) is 0 Å². The maximum atomic E-state index is 12.1. The van der Waals surface area contributed by atoms with E-state index in [9.17, 15) is 9.59 Å². The van der Waals surface area contributed by atoms with Gasteiger partial charge in [-0.1, -0.05) is 22.9 Å². The van der Waals surface area contributed by atoms with E-state index in [1.807, 2.05) is 36.1 Å². The molecule has 1 aromatic carbocycles. The van der Waals surface area contributed by atoms with E-state index in [2.05, 4.69) is 15.6 Å². The highest BCUT2D eigenvalue weighted by Gasteiger charge is 2.19. The number of nitrogens with one attached hydrogen (secondary N) is 1. The molecule has 0 aliphatic carbocycles. The average Bonchev–Trinajstić information content (AvgIpc) is 3.22. The molecule has 0 spiro atoms. The lowest BCUT2D eigenvalue weighted by Crippen LogP contribution is -2.30. The summed E-state index contributed by atoms with van der Waals surface area (Å²) in [6.45, 7) is 4.05. The zero-order valence-corrected chi connectivity index (χ0v) is 13.7. The highest BCUT2D eigenvalue weighted by molar-refractivity contribution is 5.91. The van der Waals surface area contributed by atoms with Crippen LogP contribution in [0, 0.1) is 6.92 Å². The molecule has 0 bridgehead atoms. The summed E-state index contributed by atoms with van der Waals surface area (Å²) in [4.78, 5) is 25.4. The Morgan fingerprint density at radius 2 is 2.08 bits per heavy atom. The molecule has 0 atom stereocenters. The second kappa shape index (κ2) is 7.25. The van der Waals surface area contributed by atoms with Gasteiger partial charge in [0.1, 0.15) is 0 Å². The van der Waals surface area contributed by atoms with E-state index >= 15 is 0 Å². The van der Waals surface area contributed by atoms with Crippen molar-refractivity contribution in [1.82, 2.24) is 25.2 Å². The van der Waals surface area contributed by atoms with Crippen molar-refractivity contribution in [2.75, 3.05) is 19.6 Å². The van der Waals surface area contributed by atoms with Gasteiger partial charge >= 0.3 is 0 Å². The van der Waals surface area contributed by atoms with Crippen LogP contribution in [0.5, 0.6) is 0 Å². The second-order valence-corrected chi connectivity index (χ2v) is 5.98. The lowest BCUT2D eigenvalue weighted by molar-refractivity contribution is -0.127. The molecule has 1 aliphatic rings. The predicted molar refractivity (Wildman–Crippen MR) is 88.9 cm³/mol. The molecule has 2 aromatic rings. The van der Waals surface area contributed by atoms with Crippen LogP contribution in [0.4, 0.5) is 0 Å². The number of benzene rings is 1. The summed E-state index contributed by atoms with van der Waals surface area (Å²) in [5.74, 6) is -0.0384. The number of rotatable bonds is 6. The van der Waals surface area contributed by atoms with Gasteiger partial charge in [0.2, 0.25) is 5.91 Å². The largest absolute Gasteiger partial charge is 0.351 e. The lowest BCUT2D eigenvalue weighted by Gasteiger charge is -2.14. The Hall–Kier alpha value is -2.70. The Balaban J connectivity index is 1.48. The first kappa shape index (κ1) is 16.2. The van der Waals surface area contributed by atoms with Gasteiger partial charge in [-0.05, 0) is 31.9 Å². The molecule has 2 amide bonds. The van der Waals surface area contributed by atoms with Crippen LogP contribution in [0.15, 0.2) is 30.5 Å². The third kappa shape index (κ3) is 3.79. The van der Waals surface area contributed by atoms with Crippen molar-refractivity contribution in [1.29, 1.82) is 0 Å². The van der Waals surface area contributed by atoms with Crippen LogP contribution in [0.3, 0.4) is 0 Å². The van der Waals surface area contributed by atoms with Crippen LogP contribution in [-0.2, 0) is 4.79 Å². The fraction of sp³-hybridized carbons (Fsp3) is 0.412. The number of hydrogen-bond acceptors (Lipinski definition) is 4. The smallest absolute Gasteiger partial charge is 0.273 e. The molecule has 2 heterocycles. The minimum Gasteiger partial charge on any atom is -0.351 e. The van der Waals surface area contributed by atoms with Gasteiger partial charge in [-0.2, -0.15) is 0 Å². The van der Waals surface area contributed by atoms with E-state index in [1.165, 1.54) is 0 Å². The minimum atomic E-state index is -0.249. The van der Waals surface area contributed by atoms with Crippen LogP contribution in [0.25, 0.3) is 5.69 Å². The number of aryl methyl sites for hydroxylation is 1. The number of nitrogens with zero attached hydrogens (tertiary/aromatic N) is 4. The molecule has 0 saturated carbocycles. The second-order valence-electron chi connectivity index (χ2n) is 5.98. The molecule has 126 valence electrons. The fourth-order valence-electron chi connectivity index (χ4n) is 2.69. The van der Waals surface area contributed by atoms with Gasteiger partial charge in [0.15, 0.2) is 5.69 Å². The van der Waals surface area contributed by atoms with Crippen LogP contribution in [0.1, 0.15) is 35.3 Å². The van der Waals surface area contributed by atoms with Crippen molar-refractivity contribution in [3.05, 3.63) is 41.7 Å². The molecule has 1 N–H and O–H groups in total. The number of carbonyl (C=O) groups excluding carboxylic acids is 2. The third-order valence-corrected chi connectivity index (χ3v) is 4.09. The van der Waals surface area contributed by atoms with Gasteiger partial charge in [0, 0.05) is 26.1 Å². The van der Waals surface area contributed by atoms with E-state index in [-0.39, 0.29) is 17.5 Å². The van der Waals surface area contributed by atoms with E-state index in [4.69, 9.17) is 0 Å². The Morgan fingerprint density at radius 3 is 2.79 bits per heavy atom.